The highest BCUT2D eigenvalue weighted by molar-refractivity contribution is 9.10. The monoisotopic (exact) mass is 692 g/mol. The van der Waals surface area contributed by atoms with Crippen molar-refractivity contribution in [2.45, 2.75) is 4.90 Å². The van der Waals surface area contributed by atoms with Crippen LogP contribution in [0.25, 0.3) is 17.2 Å². The maximum absolute atomic E-state index is 13.4. The van der Waals surface area contributed by atoms with Crippen molar-refractivity contribution in [1.29, 1.82) is 5.26 Å². The summed E-state index contributed by atoms with van der Waals surface area (Å²) >= 11 is 6.02. The van der Waals surface area contributed by atoms with E-state index < -0.39 is 11.8 Å². The highest BCUT2D eigenvalue weighted by Crippen LogP contribution is 2.35. The van der Waals surface area contributed by atoms with Crippen LogP contribution < -0.4 is 16.0 Å². The van der Waals surface area contributed by atoms with Gasteiger partial charge in [-0.15, -0.1) is 23.1 Å². The molecule has 0 bridgehead atoms. The largest absolute Gasteiger partial charge is 0.321 e. The third-order valence-corrected chi connectivity index (χ3v) is 8.83. The highest BCUT2D eigenvalue weighted by Gasteiger charge is 2.17. The topological polar surface area (TPSA) is 111 Å². The van der Waals surface area contributed by atoms with Gasteiger partial charge in [0.1, 0.15) is 16.8 Å². The van der Waals surface area contributed by atoms with Crippen LogP contribution in [0.1, 0.15) is 21.5 Å². The molecule has 5 aromatic rings. The van der Waals surface area contributed by atoms with Gasteiger partial charge in [0.25, 0.3) is 11.8 Å². The fourth-order valence-corrected chi connectivity index (χ4v) is 6.19. The van der Waals surface area contributed by atoms with E-state index in [1.807, 2.05) is 72.1 Å². The van der Waals surface area contributed by atoms with Crippen molar-refractivity contribution in [2.24, 2.45) is 0 Å². The SMILES string of the molecule is N#Cc1c(-c2ccccc2)csc1NC(=O)CSc1cccc(NC(=O)/C(=C\c2ccc(Br)cc2)NC(=O)c2ccccc2)c1. The average Bonchev–Trinajstić information content (AvgIpc) is 3.47. The molecule has 0 unspecified atom stereocenters. The minimum absolute atomic E-state index is 0.0720. The molecule has 45 heavy (non-hydrogen) atoms. The first kappa shape index (κ1) is 31.5. The lowest BCUT2D eigenvalue weighted by molar-refractivity contribution is -0.114. The van der Waals surface area contributed by atoms with Gasteiger partial charge in [-0.3, -0.25) is 14.4 Å². The number of halogens is 1. The van der Waals surface area contributed by atoms with E-state index in [-0.39, 0.29) is 17.4 Å². The second kappa shape index (κ2) is 15.2. The van der Waals surface area contributed by atoms with Crippen LogP contribution in [0.3, 0.4) is 0 Å². The summed E-state index contributed by atoms with van der Waals surface area (Å²) in [5.74, 6) is -1.07. The fourth-order valence-electron chi connectivity index (χ4n) is 4.23. The molecule has 222 valence electrons. The first-order valence-corrected chi connectivity index (χ1v) is 16.3. The molecule has 3 N–H and O–H groups in total. The second-order valence-corrected chi connectivity index (χ2v) is 12.4. The van der Waals surface area contributed by atoms with Crippen molar-refractivity contribution < 1.29 is 14.4 Å². The molecule has 0 aliphatic heterocycles. The molecule has 0 spiro atoms. The van der Waals surface area contributed by atoms with E-state index in [1.165, 1.54) is 23.1 Å². The van der Waals surface area contributed by atoms with Gasteiger partial charge in [-0.1, -0.05) is 82.7 Å². The molecule has 1 heterocycles. The van der Waals surface area contributed by atoms with Gasteiger partial charge >= 0.3 is 0 Å². The van der Waals surface area contributed by atoms with E-state index in [2.05, 4.69) is 37.9 Å². The van der Waals surface area contributed by atoms with Gasteiger partial charge in [0.15, 0.2) is 0 Å². The standard InChI is InChI=1S/C35H25BrN4O3S2/c36-26-16-14-23(15-17-26)18-31(39-33(42)25-10-5-2-6-11-25)34(43)38-27-12-7-13-28(19-27)44-22-32(41)40-35-29(20-37)30(21-45-35)24-8-3-1-4-9-24/h1-19,21H,22H2,(H,38,43)(H,39,42)(H,40,41)/b31-18+. The molecule has 0 aliphatic rings. The van der Waals surface area contributed by atoms with Gasteiger partial charge in [0.05, 0.1) is 11.3 Å². The summed E-state index contributed by atoms with van der Waals surface area (Å²) in [6, 6.07) is 34.9. The molecule has 0 fully saturated rings. The second-order valence-electron chi connectivity index (χ2n) is 9.58. The van der Waals surface area contributed by atoms with Crippen LogP contribution in [0.5, 0.6) is 0 Å². The van der Waals surface area contributed by atoms with Gasteiger partial charge in [0, 0.05) is 31.6 Å². The van der Waals surface area contributed by atoms with Crippen LogP contribution in [-0.2, 0) is 9.59 Å². The van der Waals surface area contributed by atoms with Crippen LogP contribution in [-0.4, -0.2) is 23.5 Å². The van der Waals surface area contributed by atoms with Crippen LogP contribution in [0, 0.1) is 11.3 Å². The van der Waals surface area contributed by atoms with Crippen LogP contribution >= 0.6 is 39.0 Å². The lowest BCUT2D eigenvalue weighted by Gasteiger charge is -2.12. The number of rotatable bonds is 10. The van der Waals surface area contributed by atoms with Gasteiger partial charge < -0.3 is 16.0 Å². The maximum atomic E-state index is 13.4. The van der Waals surface area contributed by atoms with Crippen molar-refractivity contribution >= 4 is 73.5 Å². The average molecular weight is 694 g/mol. The van der Waals surface area contributed by atoms with Crippen molar-refractivity contribution in [2.75, 3.05) is 16.4 Å². The lowest BCUT2D eigenvalue weighted by Crippen LogP contribution is -2.30. The molecule has 0 radical (unpaired) electrons. The third-order valence-electron chi connectivity index (χ3n) is 6.41. The van der Waals surface area contributed by atoms with E-state index in [4.69, 9.17) is 0 Å². The summed E-state index contributed by atoms with van der Waals surface area (Å²) in [6.45, 7) is 0. The molecular weight excluding hydrogens is 668 g/mol. The van der Waals surface area contributed by atoms with Crippen molar-refractivity contribution in [3.8, 4) is 17.2 Å². The zero-order valence-corrected chi connectivity index (χ0v) is 26.8. The number of carbonyl (C=O) groups excluding carboxylic acids is 3. The number of thioether (sulfide) groups is 1. The summed E-state index contributed by atoms with van der Waals surface area (Å²) in [6.07, 6.45) is 1.61. The normalized spacial score (nSPS) is 10.9. The number of carbonyl (C=O) groups is 3. The first-order chi connectivity index (χ1) is 21.9. The Morgan fingerprint density at radius 1 is 0.867 bits per heavy atom. The number of thiophene rings is 1. The molecule has 3 amide bonds. The van der Waals surface area contributed by atoms with Gasteiger partial charge in [-0.25, -0.2) is 0 Å². The Morgan fingerprint density at radius 2 is 1.58 bits per heavy atom. The number of nitrogens with zero attached hydrogens (tertiary/aromatic N) is 1. The number of hydrogen-bond donors (Lipinski definition) is 3. The fraction of sp³-hybridized carbons (Fsp3) is 0.0286. The molecule has 0 saturated carbocycles. The number of nitrogens with one attached hydrogen (secondary N) is 3. The number of nitriles is 1. The molecule has 0 atom stereocenters. The zero-order chi connectivity index (χ0) is 31.6. The summed E-state index contributed by atoms with van der Waals surface area (Å²) in [7, 11) is 0. The van der Waals surface area contributed by atoms with E-state index in [9.17, 15) is 19.6 Å². The maximum Gasteiger partial charge on any atom is 0.272 e. The van der Waals surface area contributed by atoms with Gasteiger partial charge in [-0.05, 0) is 59.7 Å². The summed E-state index contributed by atoms with van der Waals surface area (Å²) in [5, 5.41) is 20.6. The molecular formula is C35H25BrN4O3S2. The zero-order valence-electron chi connectivity index (χ0n) is 23.6. The van der Waals surface area contributed by atoms with E-state index in [1.54, 1.807) is 48.5 Å². The number of amides is 3. The Kier molecular flexibility index (Phi) is 10.6. The van der Waals surface area contributed by atoms with Crippen molar-refractivity contribution in [3.05, 3.63) is 141 Å². The lowest BCUT2D eigenvalue weighted by atomic mass is 10.1. The predicted octanol–water partition coefficient (Wildman–Crippen LogP) is 8.19. The third kappa shape index (κ3) is 8.58. The quantitative estimate of drug-likeness (QED) is 0.101. The Bertz CT molecular complexity index is 1900. The Labute approximate surface area is 277 Å². The Balaban J connectivity index is 1.25. The van der Waals surface area contributed by atoms with Gasteiger partial charge in [-0.2, -0.15) is 5.26 Å². The Hall–Kier alpha value is -4.95. The van der Waals surface area contributed by atoms with Crippen LogP contribution in [0.2, 0.25) is 0 Å². The van der Waals surface area contributed by atoms with E-state index >= 15 is 0 Å². The summed E-state index contributed by atoms with van der Waals surface area (Å²) < 4.78 is 0.889. The predicted molar refractivity (Wildman–Crippen MR) is 185 cm³/mol. The minimum atomic E-state index is -0.502. The van der Waals surface area contributed by atoms with E-state index in [0.29, 0.717) is 21.8 Å². The van der Waals surface area contributed by atoms with Crippen molar-refractivity contribution in [3.63, 3.8) is 0 Å². The summed E-state index contributed by atoms with van der Waals surface area (Å²) in [5.41, 5.74) is 3.84. The number of benzene rings is 4. The molecule has 5 rings (SSSR count). The van der Waals surface area contributed by atoms with Gasteiger partial charge in [0.2, 0.25) is 5.91 Å². The van der Waals surface area contributed by atoms with E-state index in [0.717, 1.165) is 26.1 Å². The Morgan fingerprint density at radius 3 is 2.29 bits per heavy atom. The van der Waals surface area contributed by atoms with Crippen molar-refractivity contribution in [1.82, 2.24) is 5.32 Å². The number of anilines is 2. The van der Waals surface area contributed by atoms with Crippen LogP contribution in [0.4, 0.5) is 10.7 Å². The molecule has 0 saturated heterocycles. The number of hydrogen-bond acceptors (Lipinski definition) is 6. The summed E-state index contributed by atoms with van der Waals surface area (Å²) in [4.78, 5) is 39.9. The molecule has 0 aliphatic carbocycles. The minimum Gasteiger partial charge on any atom is -0.321 e. The molecule has 4 aromatic carbocycles. The molecule has 10 heteroatoms. The smallest absolute Gasteiger partial charge is 0.272 e. The molecule has 1 aromatic heterocycles. The first-order valence-electron chi connectivity index (χ1n) is 13.6. The highest BCUT2D eigenvalue weighted by atomic mass is 79.9. The van der Waals surface area contributed by atoms with Crippen LogP contribution in [0.15, 0.2) is 130 Å². The molecule has 7 nitrogen and oxygen atoms in total.